The smallest absolute Gasteiger partial charge is 0.258 e. The molecule has 0 fully saturated rings. The summed E-state index contributed by atoms with van der Waals surface area (Å²) in [5, 5.41) is 5.19. The van der Waals surface area contributed by atoms with E-state index in [4.69, 9.17) is 4.42 Å². The Morgan fingerprint density at radius 1 is 1.11 bits per heavy atom. The van der Waals surface area contributed by atoms with Gasteiger partial charge in [-0.2, -0.15) is 0 Å². The zero-order valence-electron chi connectivity index (χ0n) is 9.77. The average molecular weight is 244 g/mol. The first kappa shape index (κ1) is 11.9. The van der Waals surface area contributed by atoms with E-state index in [1.807, 2.05) is 0 Å². The minimum atomic E-state index is -0.319. The molecule has 0 aliphatic heterocycles. The fraction of sp³-hybridized carbons (Fsp3) is 0.0769. The van der Waals surface area contributed by atoms with Gasteiger partial charge < -0.3 is 15.1 Å². The molecule has 5 heteroatoms. The van der Waals surface area contributed by atoms with Gasteiger partial charge in [-0.15, -0.1) is 0 Å². The highest BCUT2D eigenvalue weighted by atomic mass is 16.3. The Bertz CT molecular complexity index is 561. The maximum Gasteiger partial charge on any atom is 0.258 e. The zero-order valence-corrected chi connectivity index (χ0v) is 9.77. The third-order valence-electron chi connectivity index (χ3n) is 2.43. The van der Waals surface area contributed by atoms with Crippen molar-refractivity contribution in [1.82, 2.24) is 5.32 Å². The molecule has 92 valence electrons. The van der Waals surface area contributed by atoms with E-state index in [0.717, 1.165) is 0 Å². The van der Waals surface area contributed by atoms with Gasteiger partial charge in [0.2, 0.25) is 0 Å². The van der Waals surface area contributed by atoms with E-state index in [1.165, 1.54) is 19.6 Å². The predicted molar refractivity (Wildman–Crippen MR) is 66.5 cm³/mol. The van der Waals surface area contributed by atoms with Crippen LogP contribution in [0.2, 0.25) is 0 Å². The van der Waals surface area contributed by atoms with Crippen LogP contribution in [0.5, 0.6) is 0 Å². The highest BCUT2D eigenvalue weighted by molar-refractivity contribution is 6.08. The number of rotatable bonds is 3. The maximum atomic E-state index is 11.8. The van der Waals surface area contributed by atoms with Crippen molar-refractivity contribution in [3.63, 3.8) is 0 Å². The largest absolute Gasteiger partial charge is 0.472 e. The average Bonchev–Trinajstić information content (AvgIpc) is 2.92. The van der Waals surface area contributed by atoms with E-state index in [9.17, 15) is 9.59 Å². The number of para-hydroxylation sites is 1. The number of amides is 2. The molecule has 18 heavy (non-hydrogen) atoms. The molecule has 5 nitrogen and oxygen atoms in total. The van der Waals surface area contributed by atoms with E-state index >= 15 is 0 Å². The molecule has 1 aromatic carbocycles. The fourth-order valence-corrected chi connectivity index (χ4v) is 1.51. The Morgan fingerprint density at radius 2 is 1.89 bits per heavy atom. The number of hydrogen-bond donors (Lipinski definition) is 2. The van der Waals surface area contributed by atoms with Gasteiger partial charge in [0.25, 0.3) is 11.8 Å². The van der Waals surface area contributed by atoms with Gasteiger partial charge in [-0.1, -0.05) is 12.1 Å². The van der Waals surface area contributed by atoms with Crippen LogP contribution in [-0.4, -0.2) is 18.9 Å². The van der Waals surface area contributed by atoms with Gasteiger partial charge in [-0.25, -0.2) is 0 Å². The van der Waals surface area contributed by atoms with Crippen molar-refractivity contribution < 1.29 is 14.0 Å². The van der Waals surface area contributed by atoms with Gasteiger partial charge in [0.15, 0.2) is 0 Å². The van der Waals surface area contributed by atoms with Gasteiger partial charge in [-0.05, 0) is 18.2 Å². The van der Waals surface area contributed by atoms with Crippen LogP contribution in [0.4, 0.5) is 5.69 Å². The highest BCUT2D eigenvalue weighted by Gasteiger charge is 2.13. The first-order chi connectivity index (χ1) is 8.72. The molecule has 0 unspecified atom stereocenters. The number of furan rings is 1. The predicted octanol–water partition coefficient (Wildman–Crippen LogP) is 1.89. The molecule has 2 amide bonds. The summed E-state index contributed by atoms with van der Waals surface area (Å²) in [5.74, 6) is -0.571. The number of benzene rings is 1. The van der Waals surface area contributed by atoms with E-state index in [0.29, 0.717) is 16.8 Å². The zero-order chi connectivity index (χ0) is 13.0. The molecule has 0 saturated heterocycles. The molecule has 0 radical (unpaired) electrons. The quantitative estimate of drug-likeness (QED) is 0.866. The van der Waals surface area contributed by atoms with Crippen LogP contribution in [0.1, 0.15) is 20.7 Å². The fourth-order valence-electron chi connectivity index (χ4n) is 1.51. The van der Waals surface area contributed by atoms with Crippen molar-refractivity contribution in [2.75, 3.05) is 12.4 Å². The second-order valence-corrected chi connectivity index (χ2v) is 3.59. The lowest BCUT2D eigenvalue weighted by Crippen LogP contribution is -2.21. The van der Waals surface area contributed by atoms with Crippen molar-refractivity contribution >= 4 is 17.5 Å². The number of nitrogens with one attached hydrogen (secondary N) is 2. The monoisotopic (exact) mass is 244 g/mol. The van der Waals surface area contributed by atoms with Gasteiger partial charge in [0.1, 0.15) is 6.26 Å². The summed E-state index contributed by atoms with van der Waals surface area (Å²) < 4.78 is 4.83. The highest BCUT2D eigenvalue weighted by Crippen LogP contribution is 2.16. The van der Waals surface area contributed by atoms with E-state index in [1.54, 1.807) is 30.3 Å². The van der Waals surface area contributed by atoms with Gasteiger partial charge >= 0.3 is 0 Å². The number of carbonyl (C=O) groups is 2. The Labute approximate surface area is 104 Å². The van der Waals surface area contributed by atoms with Gasteiger partial charge in [0, 0.05) is 7.05 Å². The summed E-state index contributed by atoms with van der Waals surface area (Å²) in [5.41, 5.74) is 1.28. The Balaban J connectivity index is 2.24. The lowest BCUT2D eigenvalue weighted by atomic mass is 10.1. The first-order valence-electron chi connectivity index (χ1n) is 5.37. The molecular formula is C13H12N2O3. The van der Waals surface area contributed by atoms with Crippen LogP contribution in [0.25, 0.3) is 0 Å². The molecule has 2 N–H and O–H groups in total. The lowest BCUT2D eigenvalue weighted by molar-refractivity contribution is 0.0964. The molecule has 0 aliphatic rings. The van der Waals surface area contributed by atoms with Crippen molar-refractivity contribution in [3.8, 4) is 0 Å². The van der Waals surface area contributed by atoms with Crippen LogP contribution < -0.4 is 10.6 Å². The van der Waals surface area contributed by atoms with E-state index in [2.05, 4.69) is 10.6 Å². The number of anilines is 1. The van der Waals surface area contributed by atoms with Crippen LogP contribution in [0.3, 0.4) is 0 Å². The minimum Gasteiger partial charge on any atom is -0.472 e. The van der Waals surface area contributed by atoms with Crippen LogP contribution in [-0.2, 0) is 0 Å². The van der Waals surface area contributed by atoms with Crippen LogP contribution >= 0.6 is 0 Å². The number of carbonyl (C=O) groups excluding carboxylic acids is 2. The minimum absolute atomic E-state index is 0.252. The Hall–Kier alpha value is -2.56. The topological polar surface area (TPSA) is 71.3 Å². The molecule has 0 aliphatic carbocycles. The van der Waals surface area contributed by atoms with Crippen molar-refractivity contribution in [2.24, 2.45) is 0 Å². The van der Waals surface area contributed by atoms with Gasteiger partial charge in [-0.3, -0.25) is 9.59 Å². The lowest BCUT2D eigenvalue weighted by Gasteiger charge is -2.08. The number of hydrogen-bond acceptors (Lipinski definition) is 3. The normalized spacial score (nSPS) is 9.83. The SMILES string of the molecule is CNC(=O)c1ccccc1NC(=O)c1ccoc1. The second kappa shape index (κ2) is 5.18. The molecule has 0 saturated carbocycles. The molecule has 1 aromatic heterocycles. The molecule has 2 rings (SSSR count). The van der Waals surface area contributed by atoms with Crippen molar-refractivity contribution in [1.29, 1.82) is 0 Å². The molecule has 1 heterocycles. The summed E-state index contributed by atoms with van der Waals surface area (Å²) in [6.45, 7) is 0. The summed E-state index contributed by atoms with van der Waals surface area (Å²) in [6, 6.07) is 8.35. The van der Waals surface area contributed by atoms with E-state index < -0.39 is 0 Å². The first-order valence-corrected chi connectivity index (χ1v) is 5.37. The van der Waals surface area contributed by atoms with Crippen LogP contribution in [0.15, 0.2) is 47.3 Å². The Morgan fingerprint density at radius 3 is 2.56 bits per heavy atom. The summed E-state index contributed by atoms with van der Waals surface area (Å²) in [6.07, 6.45) is 2.76. The van der Waals surface area contributed by atoms with Crippen molar-refractivity contribution in [3.05, 3.63) is 54.0 Å². The van der Waals surface area contributed by atoms with E-state index in [-0.39, 0.29) is 11.8 Å². The Kier molecular flexibility index (Phi) is 3.43. The second-order valence-electron chi connectivity index (χ2n) is 3.59. The molecular weight excluding hydrogens is 232 g/mol. The van der Waals surface area contributed by atoms with Gasteiger partial charge in [0.05, 0.1) is 23.1 Å². The maximum absolute atomic E-state index is 11.8. The van der Waals surface area contributed by atoms with Crippen molar-refractivity contribution in [2.45, 2.75) is 0 Å². The molecule has 2 aromatic rings. The molecule has 0 atom stereocenters. The summed E-state index contributed by atoms with van der Waals surface area (Å²) in [4.78, 5) is 23.5. The summed E-state index contributed by atoms with van der Waals surface area (Å²) >= 11 is 0. The molecule has 0 spiro atoms. The molecule has 0 bridgehead atoms. The standard InChI is InChI=1S/C13H12N2O3/c1-14-13(17)10-4-2-3-5-11(10)15-12(16)9-6-7-18-8-9/h2-8H,1H3,(H,14,17)(H,15,16). The van der Waals surface area contributed by atoms with Crippen LogP contribution in [0, 0.1) is 0 Å². The summed E-state index contributed by atoms with van der Waals surface area (Å²) in [7, 11) is 1.54. The third-order valence-corrected chi connectivity index (χ3v) is 2.43. The third kappa shape index (κ3) is 2.40.